The van der Waals surface area contributed by atoms with Crippen LogP contribution in [0.4, 0.5) is 0 Å². The number of hydrogen-bond acceptors (Lipinski definition) is 5. The lowest BCUT2D eigenvalue weighted by Crippen LogP contribution is -2.03. The molecule has 1 aromatic heterocycles. The zero-order valence-corrected chi connectivity index (χ0v) is 4.52. The molecule has 0 amide bonds. The minimum atomic E-state index is 0.375. The molecule has 0 fully saturated rings. The molecule has 9 heavy (non-hydrogen) atoms. The van der Waals surface area contributed by atoms with Crippen molar-refractivity contribution < 1.29 is 9.88 Å². The molecule has 0 saturated carbocycles. The molecule has 0 spiro atoms. The van der Waals surface area contributed by atoms with Crippen LogP contribution in [0.25, 0.3) is 0 Å². The van der Waals surface area contributed by atoms with Crippen molar-refractivity contribution >= 4 is 0 Å². The van der Waals surface area contributed by atoms with Crippen LogP contribution in [0.5, 0.6) is 5.75 Å². The second-order valence-electron chi connectivity index (χ2n) is 1.25. The highest BCUT2D eigenvalue weighted by molar-refractivity contribution is 5.08. The van der Waals surface area contributed by atoms with Gasteiger partial charge >= 0.3 is 0 Å². The summed E-state index contributed by atoms with van der Waals surface area (Å²) in [6.45, 7) is 0. The largest absolute Gasteiger partial charge is 0.316 e. The molecule has 0 aliphatic rings. The van der Waals surface area contributed by atoms with E-state index in [0.717, 1.165) is 0 Å². The van der Waals surface area contributed by atoms with Gasteiger partial charge in [-0.3, -0.25) is 0 Å². The third kappa shape index (κ3) is 1.63. The van der Waals surface area contributed by atoms with Crippen molar-refractivity contribution in [2.45, 2.75) is 0 Å². The first kappa shape index (κ1) is 5.93. The summed E-state index contributed by atoms with van der Waals surface area (Å²) in [5, 5.41) is 0. The molecule has 0 bridgehead atoms. The zero-order chi connectivity index (χ0) is 6.53. The van der Waals surface area contributed by atoms with E-state index in [-0.39, 0.29) is 0 Å². The molecule has 5 nitrogen and oxygen atoms in total. The molecule has 0 radical (unpaired) electrons. The summed E-state index contributed by atoms with van der Waals surface area (Å²) in [7, 11) is 0. The van der Waals surface area contributed by atoms with E-state index in [0.29, 0.717) is 5.75 Å². The Morgan fingerprint density at radius 1 is 1.33 bits per heavy atom. The van der Waals surface area contributed by atoms with Crippen LogP contribution in [0.2, 0.25) is 0 Å². The van der Waals surface area contributed by atoms with Crippen molar-refractivity contribution in [1.82, 2.24) is 9.97 Å². The summed E-state index contributed by atoms with van der Waals surface area (Å²) in [4.78, 5) is 15.5. The molecule has 0 aromatic carbocycles. The Morgan fingerprint density at radius 2 is 2.00 bits per heavy atom. The van der Waals surface area contributed by atoms with Gasteiger partial charge in [0.05, 0.1) is 12.4 Å². The highest BCUT2D eigenvalue weighted by Gasteiger charge is 1.88. The fourth-order valence-corrected chi connectivity index (χ4v) is 0.384. The number of nitrogens with two attached hydrogens (primary N) is 1. The Kier molecular flexibility index (Phi) is 1.95. The van der Waals surface area contributed by atoms with E-state index in [2.05, 4.69) is 25.7 Å². The van der Waals surface area contributed by atoms with Gasteiger partial charge in [0.15, 0.2) is 0 Å². The summed E-state index contributed by atoms with van der Waals surface area (Å²) < 4.78 is 0. The first-order valence-electron chi connectivity index (χ1n) is 2.22. The quantitative estimate of drug-likeness (QED) is 0.434. The molecule has 0 saturated heterocycles. The summed E-state index contributed by atoms with van der Waals surface area (Å²) in [5.41, 5.74) is 0. The normalized spacial score (nSPS) is 9.00. The van der Waals surface area contributed by atoms with Crippen LogP contribution in [-0.4, -0.2) is 9.97 Å². The fraction of sp³-hybridized carbons (Fsp3) is 0. The van der Waals surface area contributed by atoms with Crippen molar-refractivity contribution in [2.75, 3.05) is 0 Å². The van der Waals surface area contributed by atoms with Gasteiger partial charge in [0.25, 0.3) is 0 Å². The average Bonchev–Trinajstić information content (AvgIpc) is 1.91. The lowest BCUT2D eigenvalue weighted by molar-refractivity contribution is -0.211. The van der Waals surface area contributed by atoms with Crippen LogP contribution in [0.3, 0.4) is 0 Å². The van der Waals surface area contributed by atoms with E-state index in [1.807, 2.05) is 0 Å². The molecular weight excluding hydrogens is 122 g/mol. The first-order chi connectivity index (χ1) is 4.43. The number of hydrogen-bond donors (Lipinski definition) is 1. The molecule has 0 unspecified atom stereocenters. The maximum atomic E-state index is 4.58. The molecule has 48 valence electrons. The third-order valence-corrected chi connectivity index (χ3v) is 0.681. The second-order valence-corrected chi connectivity index (χ2v) is 1.25. The molecule has 1 rings (SSSR count). The SMILES string of the molecule is NOOc1cncnc1. The van der Waals surface area contributed by atoms with E-state index in [4.69, 9.17) is 0 Å². The lowest BCUT2D eigenvalue weighted by atomic mass is 10.6. The van der Waals surface area contributed by atoms with Gasteiger partial charge in [0.1, 0.15) is 6.33 Å². The van der Waals surface area contributed by atoms with Gasteiger partial charge in [-0.15, -0.1) is 0 Å². The van der Waals surface area contributed by atoms with Crippen LogP contribution < -0.4 is 10.8 Å². The van der Waals surface area contributed by atoms with Crippen molar-refractivity contribution in [1.29, 1.82) is 0 Å². The zero-order valence-electron chi connectivity index (χ0n) is 4.52. The number of nitrogens with zero attached hydrogens (tertiary/aromatic N) is 2. The summed E-state index contributed by atoms with van der Waals surface area (Å²) in [6.07, 6.45) is 4.24. The smallest absolute Gasteiger partial charge is 0.203 e. The predicted molar refractivity (Wildman–Crippen MR) is 27.9 cm³/mol. The van der Waals surface area contributed by atoms with Crippen molar-refractivity contribution in [3.05, 3.63) is 18.7 Å². The molecule has 1 aromatic rings. The van der Waals surface area contributed by atoms with Crippen LogP contribution in [-0.2, 0) is 4.99 Å². The number of aromatic nitrogens is 2. The summed E-state index contributed by atoms with van der Waals surface area (Å²) in [5.74, 6) is 4.96. The summed E-state index contributed by atoms with van der Waals surface area (Å²) >= 11 is 0. The van der Waals surface area contributed by atoms with Crippen molar-refractivity contribution in [3.63, 3.8) is 0 Å². The van der Waals surface area contributed by atoms with Crippen LogP contribution >= 0.6 is 0 Å². The van der Waals surface area contributed by atoms with Gasteiger partial charge in [-0.2, -0.15) is 5.90 Å². The van der Waals surface area contributed by atoms with E-state index in [1.165, 1.54) is 18.7 Å². The van der Waals surface area contributed by atoms with E-state index < -0.39 is 0 Å². The molecule has 0 aliphatic carbocycles. The van der Waals surface area contributed by atoms with Crippen LogP contribution in [0, 0.1) is 0 Å². The fourth-order valence-electron chi connectivity index (χ4n) is 0.384. The lowest BCUT2D eigenvalue weighted by Gasteiger charge is -1.94. The average molecular weight is 127 g/mol. The molecule has 5 heteroatoms. The molecule has 2 N–H and O–H groups in total. The monoisotopic (exact) mass is 127 g/mol. The Morgan fingerprint density at radius 3 is 2.56 bits per heavy atom. The van der Waals surface area contributed by atoms with Crippen molar-refractivity contribution in [3.8, 4) is 5.75 Å². The molecule has 1 heterocycles. The van der Waals surface area contributed by atoms with Gasteiger partial charge < -0.3 is 4.89 Å². The molecular formula is C4H5N3O2. The van der Waals surface area contributed by atoms with Gasteiger partial charge in [0.2, 0.25) is 5.75 Å². The maximum absolute atomic E-state index is 4.58. The highest BCUT2D eigenvalue weighted by Crippen LogP contribution is 2.01. The third-order valence-electron chi connectivity index (χ3n) is 0.681. The van der Waals surface area contributed by atoms with E-state index >= 15 is 0 Å². The highest BCUT2D eigenvalue weighted by atomic mass is 17.3. The van der Waals surface area contributed by atoms with Crippen molar-refractivity contribution in [2.24, 2.45) is 5.90 Å². The van der Waals surface area contributed by atoms with Gasteiger partial charge in [0, 0.05) is 0 Å². The van der Waals surface area contributed by atoms with E-state index in [1.54, 1.807) is 0 Å². The Labute approximate surface area is 51.3 Å². The van der Waals surface area contributed by atoms with Gasteiger partial charge in [-0.05, 0) is 0 Å². The predicted octanol–water partition coefficient (Wildman–Crippen LogP) is -0.339. The standard InChI is InChI=1S/C4H5N3O2/c5-9-8-4-1-6-3-7-2-4/h1-3H,5H2. The number of rotatable bonds is 2. The Balaban J connectivity index is 2.61. The first-order valence-corrected chi connectivity index (χ1v) is 2.22. The van der Waals surface area contributed by atoms with Crippen LogP contribution in [0.15, 0.2) is 18.7 Å². The maximum Gasteiger partial charge on any atom is 0.203 e. The minimum Gasteiger partial charge on any atom is -0.316 e. The second kappa shape index (κ2) is 2.95. The minimum absolute atomic E-state index is 0.375. The topological polar surface area (TPSA) is 70.3 Å². The van der Waals surface area contributed by atoms with Gasteiger partial charge in [-0.25, -0.2) is 9.97 Å². The Bertz CT molecular complexity index is 167. The van der Waals surface area contributed by atoms with Gasteiger partial charge in [-0.1, -0.05) is 4.99 Å². The van der Waals surface area contributed by atoms with E-state index in [9.17, 15) is 0 Å². The Hall–Kier alpha value is -1.20. The van der Waals surface area contributed by atoms with Crippen LogP contribution in [0.1, 0.15) is 0 Å². The molecule has 0 aliphatic heterocycles. The molecule has 0 atom stereocenters. The summed E-state index contributed by atoms with van der Waals surface area (Å²) in [6, 6.07) is 0.